The van der Waals surface area contributed by atoms with Gasteiger partial charge >= 0.3 is 0 Å². The Hall–Kier alpha value is -2.27. The summed E-state index contributed by atoms with van der Waals surface area (Å²) in [7, 11) is 0. The van der Waals surface area contributed by atoms with Gasteiger partial charge in [-0.05, 0) is 25.0 Å². The molecule has 1 N–H and O–H groups in total. The van der Waals surface area contributed by atoms with E-state index in [1.54, 1.807) is 0 Å². The number of hydrogen-bond acceptors (Lipinski definition) is 3. The third kappa shape index (κ3) is 5.86. The highest BCUT2D eigenvalue weighted by molar-refractivity contribution is 7.99. The summed E-state index contributed by atoms with van der Waals surface area (Å²) in [5.41, 5.74) is 4.43. The van der Waals surface area contributed by atoms with Gasteiger partial charge in [0.2, 0.25) is 11.8 Å². The molecule has 28 heavy (non-hydrogen) atoms. The number of nitrogens with zero attached hydrogens (tertiary/aromatic N) is 1. The third-order valence-corrected chi connectivity index (χ3v) is 6.14. The topological polar surface area (TPSA) is 49.4 Å². The van der Waals surface area contributed by atoms with Gasteiger partial charge in [-0.2, -0.15) is 11.8 Å². The van der Waals surface area contributed by atoms with Gasteiger partial charge in [-0.25, -0.2) is 0 Å². The van der Waals surface area contributed by atoms with Crippen LogP contribution < -0.4 is 5.32 Å². The summed E-state index contributed by atoms with van der Waals surface area (Å²) < 4.78 is 0. The summed E-state index contributed by atoms with van der Waals surface area (Å²) >= 11 is 1.84. The molecule has 0 aromatic heterocycles. The quantitative estimate of drug-likeness (QED) is 0.816. The summed E-state index contributed by atoms with van der Waals surface area (Å²) in [4.78, 5) is 27.1. The summed E-state index contributed by atoms with van der Waals surface area (Å²) in [5, 5.41) is 3.03. The predicted octanol–water partition coefficient (Wildman–Crippen LogP) is 3.15. The maximum absolute atomic E-state index is 12.8. The molecule has 0 bridgehead atoms. The fourth-order valence-electron chi connectivity index (χ4n) is 3.32. The number of aryl methyl sites for hydroxylation is 2. The van der Waals surface area contributed by atoms with Gasteiger partial charge in [0.1, 0.15) is 0 Å². The average molecular weight is 397 g/mol. The predicted molar refractivity (Wildman–Crippen MR) is 116 cm³/mol. The van der Waals surface area contributed by atoms with Crippen LogP contribution in [0.5, 0.6) is 0 Å². The summed E-state index contributed by atoms with van der Waals surface area (Å²) in [6.07, 6.45) is 0.788. The fourth-order valence-corrected chi connectivity index (χ4v) is 4.38. The van der Waals surface area contributed by atoms with Gasteiger partial charge in [0, 0.05) is 24.6 Å². The second-order valence-corrected chi connectivity index (χ2v) is 8.59. The van der Waals surface area contributed by atoms with Crippen molar-refractivity contribution in [3.8, 4) is 0 Å². The van der Waals surface area contributed by atoms with Crippen LogP contribution in [0.25, 0.3) is 0 Å². The van der Waals surface area contributed by atoms with Crippen molar-refractivity contribution in [3.05, 3.63) is 70.8 Å². The molecule has 148 valence electrons. The van der Waals surface area contributed by atoms with Crippen LogP contribution in [-0.2, 0) is 22.4 Å². The zero-order chi connectivity index (χ0) is 19.9. The van der Waals surface area contributed by atoms with E-state index in [4.69, 9.17) is 0 Å². The van der Waals surface area contributed by atoms with Gasteiger partial charge in [-0.15, -0.1) is 0 Å². The van der Waals surface area contributed by atoms with Crippen molar-refractivity contribution < 1.29 is 9.59 Å². The molecule has 4 nitrogen and oxygen atoms in total. The van der Waals surface area contributed by atoms with E-state index in [2.05, 4.69) is 5.32 Å². The Balaban J connectivity index is 1.53. The van der Waals surface area contributed by atoms with Crippen molar-refractivity contribution >= 4 is 23.6 Å². The number of amides is 2. The Morgan fingerprint density at radius 3 is 2.14 bits per heavy atom. The molecule has 2 aromatic carbocycles. The van der Waals surface area contributed by atoms with Crippen molar-refractivity contribution in [2.24, 2.45) is 0 Å². The van der Waals surface area contributed by atoms with E-state index < -0.39 is 0 Å². The van der Waals surface area contributed by atoms with Crippen molar-refractivity contribution in [2.75, 3.05) is 24.6 Å². The summed E-state index contributed by atoms with van der Waals surface area (Å²) in [6, 6.07) is 16.2. The average Bonchev–Trinajstić information content (AvgIpc) is 2.70. The Kier molecular flexibility index (Phi) is 7.15. The Morgan fingerprint density at radius 1 is 0.964 bits per heavy atom. The zero-order valence-electron chi connectivity index (χ0n) is 16.6. The molecule has 0 saturated carbocycles. The lowest BCUT2D eigenvalue weighted by Crippen LogP contribution is -2.52. The van der Waals surface area contributed by atoms with Crippen LogP contribution in [0, 0.1) is 13.8 Å². The van der Waals surface area contributed by atoms with Gasteiger partial charge < -0.3 is 10.2 Å². The minimum Gasteiger partial charge on any atom is -0.354 e. The standard InChI is InChI=1S/C23H28N2O2S/c1-17-3-7-19(8-4-17)13-22(26)24-15-21-16-28-12-11-25(21)23(27)14-20-9-5-18(2)6-10-20/h3-10,21H,11-16H2,1-2H3,(H,24,26). The van der Waals surface area contributed by atoms with Crippen molar-refractivity contribution in [1.29, 1.82) is 0 Å². The van der Waals surface area contributed by atoms with Crippen LogP contribution >= 0.6 is 11.8 Å². The monoisotopic (exact) mass is 396 g/mol. The van der Waals surface area contributed by atoms with E-state index in [-0.39, 0.29) is 17.9 Å². The van der Waals surface area contributed by atoms with E-state index in [0.717, 1.165) is 29.2 Å². The van der Waals surface area contributed by atoms with E-state index in [0.29, 0.717) is 19.4 Å². The van der Waals surface area contributed by atoms with E-state index in [9.17, 15) is 9.59 Å². The van der Waals surface area contributed by atoms with Crippen LogP contribution in [0.4, 0.5) is 0 Å². The van der Waals surface area contributed by atoms with Crippen molar-refractivity contribution in [2.45, 2.75) is 32.7 Å². The molecule has 1 aliphatic rings. The van der Waals surface area contributed by atoms with Gasteiger partial charge in [-0.3, -0.25) is 9.59 Å². The Morgan fingerprint density at radius 2 is 1.54 bits per heavy atom. The molecular formula is C23H28N2O2S. The van der Waals surface area contributed by atoms with Gasteiger partial charge in [0.25, 0.3) is 0 Å². The molecule has 1 heterocycles. The van der Waals surface area contributed by atoms with Gasteiger partial charge in [0.05, 0.1) is 18.9 Å². The fraction of sp³-hybridized carbons (Fsp3) is 0.391. The molecule has 1 aliphatic heterocycles. The normalized spacial score (nSPS) is 16.6. The first kappa shape index (κ1) is 20.5. The van der Waals surface area contributed by atoms with E-state index in [1.165, 1.54) is 11.1 Å². The molecule has 1 unspecified atom stereocenters. The number of thioether (sulfide) groups is 1. The lowest BCUT2D eigenvalue weighted by molar-refractivity contribution is -0.132. The molecule has 2 amide bonds. The molecule has 3 rings (SSSR count). The highest BCUT2D eigenvalue weighted by atomic mass is 32.2. The Labute approximate surface area is 171 Å². The van der Waals surface area contributed by atoms with Crippen LogP contribution in [0.1, 0.15) is 22.3 Å². The SMILES string of the molecule is Cc1ccc(CC(=O)NCC2CSCCN2C(=O)Cc2ccc(C)cc2)cc1. The first-order valence-electron chi connectivity index (χ1n) is 9.76. The molecule has 0 spiro atoms. The molecule has 2 aromatic rings. The first-order valence-corrected chi connectivity index (χ1v) is 10.9. The third-order valence-electron chi connectivity index (χ3n) is 5.04. The van der Waals surface area contributed by atoms with Gasteiger partial charge in [-0.1, -0.05) is 59.7 Å². The lowest BCUT2D eigenvalue weighted by atomic mass is 10.1. The number of benzene rings is 2. The number of hydrogen-bond donors (Lipinski definition) is 1. The van der Waals surface area contributed by atoms with E-state index in [1.807, 2.05) is 79.0 Å². The van der Waals surface area contributed by atoms with Crippen molar-refractivity contribution in [3.63, 3.8) is 0 Å². The summed E-state index contributed by atoms with van der Waals surface area (Å²) in [5.74, 6) is 1.96. The number of nitrogens with one attached hydrogen (secondary N) is 1. The maximum atomic E-state index is 12.8. The lowest BCUT2D eigenvalue weighted by Gasteiger charge is -2.35. The van der Waals surface area contributed by atoms with Crippen LogP contribution in [0.15, 0.2) is 48.5 Å². The van der Waals surface area contributed by atoms with E-state index >= 15 is 0 Å². The number of carbonyl (C=O) groups excluding carboxylic acids is 2. The maximum Gasteiger partial charge on any atom is 0.227 e. The summed E-state index contributed by atoms with van der Waals surface area (Å²) in [6.45, 7) is 5.33. The highest BCUT2D eigenvalue weighted by Crippen LogP contribution is 2.18. The molecule has 1 atom stereocenters. The van der Waals surface area contributed by atoms with Crippen LogP contribution in [0.3, 0.4) is 0 Å². The van der Waals surface area contributed by atoms with Crippen LogP contribution in [-0.4, -0.2) is 47.4 Å². The minimum atomic E-state index is 0.00496. The zero-order valence-corrected chi connectivity index (χ0v) is 17.4. The Bertz CT molecular complexity index is 802. The second kappa shape index (κ2) is 9.78. The second-order valence-electron chi connectivity index (χ2n) is 7.44. The smallest absolute Gasteiger partial charge is 0.227 e. The molecule has 0 aliphatic carbocycles. The largest absolute Gasteiger partial charge is 0.354 e. The number of rotatable bonds is 6. The molecule has 0 radical (unpaired) electrons. The molecule has 1 saturated heterocycles. The molecular weight excluding hydrogens is 368 g/mol. The molecule has 5 heteroatoms. The first-order chi connectivity index (χ1) is 13.5. The van der Waals surface area contributed by atoms with Gasteiger partial charge in [0.15, 0.2) is 0 Å². The minimum absolute atomic E-state index is 0.00496. The highest BCUT2D eigenvalue weighted by Gasteiger charge is 2.27. The molecule has 1 fully saturated rings. The number of carbonyl (C=O) groups is 2. The van der Waals surface area contributed by atoms with Crippen LogP contribution in [0.2, 0.25) is 0 Å². The van der Waals surface area contributed by atoms with Crippen molar-refractivity contribution in [1.82, 2.24) is 10.2 Å².